The van der Waals surface area contributed by atoms with E-state index in [1.165, 1.54) is 16.3 Å². The Balaban J connectivity index is 1.77. The van der Waals surface area contributed by atoms with Crippen LogP contribution in [0.2, 0.25) is 0 Å². The highest BCUT2D eigenvalue weighted by atomic mass is 32.2. The molecule has 104 valence electrons. The van der Waals surface area contributed by atoms with Crippen molar-refractivity contribution in [2.24, 2.45) is 7.05 Å². The van der Waals surface area contributed by atoms with Crippen LogP contribution in [0.3, 0.4) is 0 Å². The Kier molecular flexibility index (Phi) is 4.85. The van der Waals surface area contributed by atoms with E-state index < -0.39 is 0 Å². The lowest BCUT2D eigenvalue weighted by molar-refractivity contribution is 0.343. The van der Waals surface area contributed by atoms with E-state index >= 15 is 0 Å². The molecular formula is C13H14N4O2S. The number of benzene rings is 1. The zero-order valence-electron chi connectivity index (χ0n) is 11.0. The van der Waals surface area contributed by atoms with Crippen molar-refractivity contribution in [2.45, 2.75) is 11.6 Å². The van der Waals surface area contributed by atoms with E-state index in [1.807, 2.05) is 24.3 Å². The quantitative estimate of drug-likeness (QED) is 0.641. The Labute approximate surface area is 120 Å². The summed E-state index contributed by atoms with van der Waals surface area (Å²) in [7, 11) is 1.67. The Hall–Kier alpha value is -2.20. The first kappa shape index (κ1) is 14.2. The first-order chi connectivity index (χ1) is 9.70. The van der Waals surface area contributed by atoms with Crippen LogP contribution in [0.25, 0.3) is 0 Å². The zero-order chi connectivity index (χ0) is 14.4. The van der Waals surface area contributed by atoms with Crippen LogP contribution < -0.4 is 10.4 Å². The summed E-state index contributed by atoms with van der Waals surface area (Å²) in [5.41, 5.74) is 0.752. The number of rotatable bonds is 6. The van der Waals surface area contributed by atoms with E-state index in [9.17, 15) is 4.79 Å². The second kappa shape index (κ2) is 6.82. The Morgan fingerprint density at radius 3 is 2.80 bits per heavy atom. The fraction of sp³-hybridized carbons (Fsp3) is 0.308. The molecule has 2 rings (SSSR count). The van der Waals surface area contributed by atoms with Gasteiger partial charge in [0.2, 0.25) is 0 Å². The average Bonchev–Trinajstić information content (AvgIpc) is 2.77. The lowest BCUT2D eigenvalue weighted by atomic mass is 10.2. The highest BCUT2D eigenvalue weighted by molar-refractivity contribution is 7.99. The maximum atomic E-state index is 11.2. The van der Waals surface area contributed by atoms with Crippen molar-refractivity contribution in [3.05, 3.63) is 40.3 Å². The van der Waals surface area contributed by atoms with Gasteiger partial charge in [-0.15, -0.1) is 5.10 Å². The molecule has 0 unspecified atom stereocenters. The van der Waals surface area contributed by atoms with Crippen molar-refractivity contribution < 1.29 is 4.74 Å². The van der Waals surface area contributed by atoms with Crippen molar-refractivity contribution in [2.75, 3.05) is 12.4 Å². The second-order valence-electron chi connectivity index (χ2n) is 4.05. The van der Waals surface area contributed by atoms with Gasteiger partial charge in [-0.25, -0.2) is 9.89 Å². The molecule has 1 aromatic heterocycles. The van der Waals surface area contributed by atoms with E-state index in [0.717, 1.165) is 11.3 Å². The smallest absolute Gasteiger partial charge is 0.343 e. The second-order valence-corrected chi connectivity index (χ2v) is 5.11. The van der Waals surface area contributed by atoms with Gasteiger partial charge in [0, 0.05) is 12.8 Å². The van der Waals surface area contributed by atoms with Gasteiger partial charge >= 0.3 is 5.69 Å². The van der Waals surface area contributed by atoms with Crippen LogP contribution in [0.4, 0.5) is 0 Å². The Morgan fingerprint density at radius 1 is 1.45 bits per heavy atom. The Bertz CT molecular complexity index is 654. The molecule has 0 atom stereocenters. The maximum absolute atomic E-state index is 11.2. The number of H-pyrrole nitrogens is 1. The van der Waals surface area contributed by atoms with Gasteiger partial charge in [0.25, 0.3) is 0 Å². The number of thioether (sulfide) groups is 1. The summed E-state index contributed by atoms with van der Waals surface area (Å²) in [5.74, 6) is 1.46. The molecule has 0 saturated heterocycles. The molecule has 1 heterocycles. The molecule has 0 aliphatic carbocycles. The van der Waals surface area contributed by atoms with Crippen molar-refractivity contribution in [1.82, 2.24) is 14.8 Å². The molecule has 0 radical (unpaired) electrons. The molecule has 0 fully saturated rings. The van der Waals surface area contributed by atoms with Crippen LogP contribution in [0.15, 0.2) is 34.2 Å². The molecule has 0 saturated carbocycles. The topological polar surface area (TPSA) is 83.7 Å². The first-order valence-electron chi connectivity index (χ1n) is 6.03. The van der Waals surface area contributed by atoms with Gasteiger partial charge in [-0.05, 0) is 17.7 Å². The van der Waals surface area contributed by atoms with Crippen LogP contribution in [0.1, 0.15) is 5.56 Å². The molecule has 1 N–H and O–H groups in total. The minimum absolute atomic E-state index is 0.221. The van der Waals surface area contributed by atoms with E-state index in [4.69, 9.17) is 10.00 Å². The van der Waals surface area contributed by atoms with Gasteiger partial charge in [0.1, 0.15) is 5.75 Å². The van der Waals surface area contributed by atoms with Crippen LogP contribution in [-0.2, 0) is 13.5 Å². The van der Waals surface area contributed by atoms with E-state index in [1.54, 1.807) is 7.05 Å². The van der Waals surface area contributed by atoms with E-state index in [-0.39, 0.29) is 5.69 Å². The van der Waals surface area contributed by atoms with E-state index in [2.05, 4.69) is 16.3 Å². The highest BCUT2D eigenvalue weighted by Crippen LogP contribution is 2.15. The first-order valence-corrected chi connectivity index (χ1v) is 7.02. The third kappa shape index (κ3) is 3.65. The molecule has 0 aliphatic rings. The van der Waals surface area contributed by atoms with Crippen molar-refractivity contribution in [3.63, 3.8) is 0 Å². The summed E-state index contributed by atoms with van der Waals surface area (Å²) >= 11 is 1.45. The molecule has 0 amide bonds. The van der Waals surface area contributed by atoms with Gasteiger partial charge in [-0.3, -0.25) is 4.57 Å². The molecule has 7 heteroatoms. The number of nitrogens with zero attached hydrogens (tertiary/aromatic N) is 3. The third-order valence-corrected chi connectivity index (χ3v) is 3.62. The summed E-state index contributed by atoms with van der Waals surface area (Å²) in [6, 6.07) is 9.55. The monoisotopic (exact) mass is 290 g/mol. The number of nitrogens with one attached hydrogen (secondary N) is 1. The standard InChI is InChI=1S/C13H14N4O2S/c1-17-12(18)15-16-13(17)20-9-8-19-11-4-2-10(3-5-11)6-7-14/h2-5H,6,8-9H2,1H3,(H,15,18). The maximum Gasteiger partial charge on any atom is 0.343 e. The van der Waals surface area contributed by atoms with Gasteiger partial charge in [0.15, 0.2) is 5.16 Å². The summed E-state index contributed by atoms with van der Waals surface area (Å²) in [6.45, 7) is 0.517. The van der Waals surface area contributed by atoms with Crippen molar-refractivity contribution >= 4 is 11.8 Å². The molecule has 20 heavy (non-hydrogen) atoms. The predicted molar refractivity (Wildman–Crippen MR) is 75.8 cm³/mol. The number of hydrogen-bond donors (Lipinski definition) is 1. The zero-order valence-corrected chi connectivity index (χ0v) is 11.8. The molecule has 1 aromatic carbocycles. The molecule has 6 nitrogen and oxygen atoms in total. The third-order valence-electron chi connectivity index (χ3n) is 2.63. The fourth-order valence-electron chi connectivity index (χ4n) is 1.55. The lowest BCUT2D eigenvalue weighted by Crippen LogP contribution is -2.13. The summed E-state index contributed by atoms with van der Waals surface area (Å²) in [5, 5.41) is 15.5. The number of hydrogen-bond acceptors (Lipinski definition) is 5. The number of ether oxygens (including phenoxy) is 1. The van der Waals surface area contributed by atoms with Crippen molar-refractivity contribution in [3.8, 4) is 11.8 Å². The lowest BCUT2D eigenvalue weighted by Gasteiger charge is -2.06. The molecule has 2 aromatic rings. The fourth-order valence-corrected chi connectivity index (χ4v) is 2.28. The molecule has 0 bridgehead atoms. The largest absolute Gasteiger partial charge is 0.493 e. The molecule has 0 spiro atoms. The highest BCUT2D eigenvalue weighted by Gasteiger charge is 2.04. The number of aromatic nitrogens is 3. The summed E-state index contributed by atoms with van der Waals surface area (Å²) < 4.78 is 7.04. The van der Waals surface area contributed by atoms with Crippen LogP contribution >= 0.6 is 11.8 Å². The number of nitriles is 1. The van der Waals surface area contributed by atoms with Crippen molar-refractivity contribution in [1.29, 1.82) is 5.26 Å². The minimum Gasteiger partial charge on any atom is -0.493 e. The molecule has 0 aliphatic heterocycles. The minimum atomic E-state index is -0.221. The van der Waals surface area contributed by atoms with Gasteiger partial charge in [-0.1, -0.05) is 23.9 Å². The van der Waals surface area contributed by atoms with Gasteiger partial charge in [0.05, 0.1) is 19.1 Å². The van der Waals surface area contributed by atoms with Gasteiger partial charge < -0.3 is 4.74 Å². The summed E-state index contributed by atoms with van der Waals surface area (Å²) in [6.07, 6.45) is 0.406. The number of aromatic amines is 1. The molecular weight excluding hydrogens is 276 g/mol. The van der Waals surface area contributed by atoms with Gasteiger partial charge in [-0.2, -0.15) is 5.26 Å². The van der Waals surface area contributed by atoms with E-state index in [0.29, 0.717) is 23.9 Å². The van der Waals surface area contributed by atoms with Crippen LogP contribution in [0.5, 0.6) is 5.75 Å². The average molecular weight is 290 g/mol. The predicted octanol–water partition coefficient (Wildman–Crippen LogP) is 1.35. The SMILES string of the molecule is Cn1c(SCCOc2ccc(CC#N)cc2)n[nH]c1=O. The van der Waals surface area contributed by atoms with Crippen LogP contribution in [-0.4, -0.2) is 27.1 Å². The Morgan fingerprint density at radius 2 is 2.20 bits per heavy atom. The van der Waals surface area contributed by atoms with Crippen LogP contribution in [0, 0.1) is 11.3 Å². The summed E-state index contributed by atoms with van der Waals surface area (Å²) in [4.78, 5) is 11.2. The normalized spacial score (nSPS) is 10.2.